The predicted molar refractivity (Wildman–Crippen MR) is 185 cm³/mol. The molecule has 1 amide bonds. The molecule has 0 saturated heterocycles. The topological polar surface area (TPSA) is 94.1 Å². The Balaban J connectivity index is 1.43. The minimum atomic E-state index is -0.857. The Labute approximate surface area is 279 Å². The van der Waals surface area contributed by atoms with E-state index in [-0.39, 0.29) is 12.1 Å². The second kappa shape index (κ2) is 16.8. The van der Waals surface area contributed by atoms with Crippen LogP contribution in [0, 0.1) is 37.5 Å². The van der Waals surface area contributed by atoms with E-state index in [1.807, 2.05) is 40.7 Å². The molecule has 7 heteroatoms. The molecule has 0 aromatic heterocycles. The zero-order valence-corrected chi connectivity index (χ0v) is 30.7. The van der Waals surface area contributed by atoms with Crippen molar-refractivity contribution in [2.75, 3.05) is 6.54 Å². The van der Waals surface area contributed by atoms with Gasteiger partial charge in [0.1, 0.15) is 23.6 Å². The number of aliphatic hydroxyl groups excluding tert-OH is 1. The van der Waals surface area contributed by atoms with Crippen molar-refractivity contribution in [2.45, 2.75) is 170 Å². The van der Waals surface area contributed by atoms with E-state index >= 15 is 0 Å². The van der Waals surface area contributed by atoms with Crippen LogP contribution in [-0.2, 0) is 20.7 Å². The lowest BCUT2D eigenvalue weighted by Gasteiger charge is -2.37. The number of nitrogens with one attached hydrogen (secondary N) is 1. The highest BCUT2D eigenvalue weighted by Crippen LogP contribution is 2.43. The van der Waals surface area contributed by atoms with Crippen molar-refractivity contribution >= 4 is 11.9 Å². The zero-order chi connectivity index (χ0) is 34.2. The van der Waals surface area contributed by atoms with Crippen LogP contribution in [0.5, 0.6) is 11.5 Å². The highest BCUT2D eigenvalue weighted by atomic mass is 16.5. The third-order valence-corrected chi connectivity index (χ3v) is 10.6. The van der Waals surface area contributed by atoms with Crippen molar-refractivity contribution in [2.24, 2.45) is 23.7 Å². The van der Waals surface area contributed by atoms with Gasteiger partial charge in [-0.15, -0.1) is 0 Å². The largest absolute Gasteiger partial charge is 0.487 e. The van der Waals surface area contributed by atoms with Gasteiger partial charge in [-0.05, 0) is 107 Å². The smallest absolute Gasteiger partial charge is 0.330 e. The number of hydrogen-bond donors (Lipinski definition) is 2. The Morgan fingerprint density at radius 1 is 1.02 bits per heavy atom. The Hall–Kier alpha value is -2.12. The Bertz CT molecular complexity index is 1160. The number of ether oxygens (including phenoxy) is 3. The summed E-state index contributed by atoms with van der Waals surface area (Å²) in [5, 5.41) is 12.8. The summed E-state index contributed by atoms with van der Waals surface area (Å²) in [6.07, 6.45) is 12.7. The van der Waals surface area contributed by atoms with Crippen LogP contribution in [0.3, 0.4) is 0 Å². The maximum absolute atomic E-state index is 12.7. The zero-order valence-electron chi connectivity index (χ0n) is 30.7. The maximum atomic E-state index is 12.7. The number of benzene rings is 1. The third kappa shape index (κ3) is 11.2. The lowest BCUT2D eigenvalue weighted by Crippen LogP contribution is -2.37. The number of hydrogen-bond acceptors (Lipinski definition) is 6. The summed E-state index contributed by atoms with van der Waals surface area (Å²) >= 11 is 0. The standard InChI is InChI=1S/C39H65NO6/c1-11-38(8,9)45-36-33(34(36)42)37(43)40-24-32(41)44-31-23-30-20-22-39(10,46-35(30)29(7)28(31)6)21-14-19-27(5)18-13-17-26(4)16-12-15-25(2)3/h23,25-27,33-34,36,42H,11-22,24H2,1-10H3,(H,40,43). The summed E-state index contributed by atoms with van der Waals surface area (Å²) < 4.78 is 18.3. The van der Waals surface area contributed by atoms with Crippen LogP contribution >= 0.6 is 0 Å². The Kier molecular flexibility index (Phi) is 14.0. The molecule has 0 bridgehead atoms. The van der Waals surface area contributed by atoms with E-state index in [0.29, 0.717) is 5.75 Å². The predicted octanol–water partition coefficient (Wildman–Crippen LogP) is 8.41. The molecule has 1 saturated carbocycles. The summed E-state index contributed by atoms with van der Waals surface area (Å²) in [5.74, 6) is 2.20. The van der Waals surface area contributed by atoms with E-state index in [4.69, 9.17) is 14.2 Å². The number of carbonyl (C=O) groups is 2. The maximum Gasteiger partial charge on any atom is 0.330 e. The Morgan fingerprint density at radius 2 is 1.63 bits per heavy atom. The molecule has 2 N–H and O–H groups in total. The Morgan fingerprint density at radius 3 is 2.24 bits per heavy atom. The molecule has 0 radical (unpaired) electrons. The van der Waals surface area contributed by atoms with Gasteiger partial charge < -0.3 is 24.6 Å². The van der Waals surface area contributed by atoms with Gasteiger partial charge in [-0.2, -0.15) is 0 Å². The van der Waals surface area contributed by atoms with Gasteiger partial charge in [-0.25, -0.2) is 4.79 Å². The van der Waals surface area contributed by atoms with Crippen LogP contribution in [-0.4, -0.2) is 46.9 Å². The van der Waals surface area contributed by atoms with Gasteiger partial charge in [0.25, 0.3) is 0 Å². The monoisotopic (exact) mass is 643 g/mol. The van der Waals surface area contributed by atoms with E-state index in [1.54, 1.807) is 0 Å². The molecule has 262 valence electrons. The average molecular weight is 644 g/mol. The first-order chi connectivity index (χ1) is 21.6. The van der Waals surface area contributed by atoms with Crippen molar-refractivity contribution in [1.82, 2.24) is 5.32 Å². The van der Waals surface area contributed by atoms with Gasteiger partial charge in [0, 0.05) is 0 Å². The summed E-state index contributed by atoms with van der Waals surface area (Å²) in [7, 11) is 0. The van der Waals surface area contributed by atoms with Crippen molar-refractivity contribution in [3.8, 4) is 11.5 Å². The van der Waals surface area contributed by atoms with E-state index in [9.17, 15) is 14.7 Å². The van der Waals surface area contributed by atoms with Crippen molar-refractivity contribution in [1.29, 1.82) is 0 Å². The van der Waals surface area contributed by atoms with Gasteiger partial charge in [0.2, 0.25) is 5.91 Å². The van der Waals surface area contributed by atoms with Crippen molar-refractivity contribution in [3.63, 3.8) is 0 Å². The molecule has 46 heavy (non-hydrogen) atoms. The molecule has 1 aromatic rings. The summed E-state index contributed by atoms with van der Waals surface area (Å²) in [6.45, 7) is 21.2. The summed E-state index contributed by atoms with van der Waals surface area (Å²) in [4.78, 5) is 25.3. The number of esters is 1. The van der Waals surface area contributed by atoms with Crippen LogP contribution in [0.15, 0.2) is 6.07 Å². The van der Waals surface area contributed by atoms with Crippen LogP contribution in [0.25, 0.3) is 0 Å². The number of fused-ring (bicyclic) bond motifs is 1. The van der Waals surface area contributed by atoms with Crippen LogP contribution in [0.4, 0.5) is 0 Å². The van der Waals surface area contributed by atoms with Crippen LogP contribution < -0.4 is 14.8 Å². The molecular weight excluding hydrogens is 578 g/mol. The molecule has 2 aliphatic rings. The highest BCUT2D eigenvalue weighted by molar-refractivity contribution is 5.87. The van der Waals surface area contributed by atoms with Gasteiger partial charge in [0.05, 0.1) is 23.7 Å². The number of rotatable bonds is 19. The van der Waals surface area contributed by atoms with Gasteiger partial charge in [-0.3, -0.25) is 4.79 Å². The van der Waals surface area contributed by atoms with E-state index < -0.39 is 35.6 Å². The highest BCUT2D eigenvalue weighted by Gasteiger charge is 2.57. The molecule has 1 aliphatic carbocycles. The first kappa shape index (κ1) is 38.3. The van der Waals surface area contributed by atoms with Gasteiger partial charge >= 0.3 is 5.97 Å². The van der Waals surface area contributed by atoms with Crippen molar-refractivity contribution in [3.05, 3.63) is 22.8 Å². The molecule has 1 heterocycles. The number of aryl methyl sites for hydroxylation is 1. The fourth-order valence-electron chi connectivity index (χ4n) is 6.64. The van der Waals surface area contributed by atoms with Gasteiger partial charge in [-0.1, -0.05) is 79.6 Å². The molecular formula is C39H65NO6. The van der Waals surface area contributed by atoms with Gasteiger partial charge in [0.15, 0.2) is 0 Å². The average Bonchev–Trinajstić information content (AvgIpc) is 3.61. The van der Waals surface area contributed by atoms with Crippen LogP contribution in [0.2, 0.25) is 0 Å². The molecule has 1 aromatic carbocycles. The second-order valence-electron chi connectivity index (χ2n) is 15.9. The fourth-order valence-corrected chi connectivity index (χ4v) is 6.64. The minimum Gasteiger partial charge on any atom is -0.487 e. The normalized spacial score (nSPS) is 23.8. The molecule has 0 spiro atoms. The van der Waals surface area contributed by atoms with E-state index in [1.165, 1.54) is 44.9 Å². The van der Waals surface area contributed by atoms with E-state index in [0.717, 1.165) is 72.3 Å². The fraction of sp³-hybridized carbons (Fsp3) is 0.795. The third-order valence-electron chi connectivity index (χ3n) is 10.6. The molecule has 1 fully saturated rings. The number of aliphatic hydroxyl groups is 1. The number of carbonyl (C=O) groups excluding carboxylic acids is 2. The quantitative estimate of drug-likeness (QED) is 0.116. The van der Waals surface area contributed by atoms with Crippen molar-refractivity contribution < 1.29 is 28.9 Å². The molecule has 1 aliphatic heterocycles. The minimum absolute atomic E-state index is 0.196. The molecule has 6 unspecified atom stereocenters. The first-order valence-corrected chi connectivity index (χ1v) is 18.2. The summed E-state index contributed by atoms with van der Waals surface area (Å²) in [5.41, 5.74) is 2.29. The lowest BCUT2D eigenvalue weighted by atomic mass is 9.85. The second-order valence-corrected chi connectivity index (χ2v) is 15.9. The van der Waals surface area contributed by atoms with Crippen LogP contribution in [0.1, 0.15) is 143 Å². The first-order valence-electron chi connectivity index (χ1n) is 18.2. The molecule has 7 nitrogen and oxygen atoms in total. The molecule has 6 atom stereocenters. The SMILES string of the molecule is CCC(C)(C)OC1C(O)C1C(=O)NCC(=O)Oc1cc2c(c(C)c1C)OC(C)(CCCC(C)CCCC(C)CCCC(C)C)CC2. The number of amides is 1. The van der Waals surface area contributed by atoms with E-state index in [2.05, 4.69) is 39.9 Å². The molecule has 3 rings (SSSR count). The summed E-state index contributed by atoms with van der Waals surface area (Å²) in [6, 6.07) is 1.92. The lowest BCUT2D eigenvalue weighted by molar-refractivity contribution is -0.136.